The van der Waals surface area contributed by atoms with E-state index in [9.17, 15) is 0 Å². The molecule has 0 aliphatic carbocycles. The number of hydrogen-bond donors (Lipinski definition) is 1. The molecule has 4 nitrogen and oxygen atoms in total. The Morgan fingerprint density at radius 2 is 1.90 bits per heavy atom. The van der Waals surface area contributed by atoms with Crippen LogP contribution < -0.4 is 10.1 Å². The molecule has 0 saturated carbocycles. The van der Waals surface area contributed by atoms with E-state index in [2.05, 4.69) is 31.2 Å². The number of nitrogens with one attached hydrogen (secondary N) is 1. The Hall–Kier alpha value is -2.14. The highest BCUT2D eigenvalue weighted by atomic mass is 79.9. The van der Waals surface area contributed by atoms with Crippen LogP contribution in [0.15, 0.2) is 53.3 Å². The SMILES string of the molecule is COc1ccc(CNc2ncnc3ccc(Br)cc23)cc1. The Balaban J connectivity index is 1.82. The highest BCUT2D eigenvalue weighted by Gasteiger charge is 2.04. The molecule has 3 aromatic rings. The lowest BCUT2D eigenvalue weighted by molar-refractivity contribution is 0.414. The molecule has 106 valence electrons. The number of fused-ring (bicyclic) bond motifs is 1. The molecule has 0 bridgehead atoms. The molecule has 5 heteroatoms. The zero-order valence-corrected chi connectivity index (χ0v) is 13.1. The number of aromatic nitrogens is 2. The normalized spacial score (nSPS) is 10.6. The van der Waals surface area contributed by atoms with E-state index in [1.807, 2.05) is 42.5 Å². The maximum atomic E-state index is 5.16. The number of methoxy groups -OCH3 is 1. The maximum Gasteiger partial charge on any atom is 0.137 e. The van der Waals surface area contributed by atoms with Crippen LogP contribution in [-0.4, -0.2) is 17.1 Å². The average molecular weight is 344 g/mol. The molecular weight excluding hydrogens is 330 g/mol. The summed E-state index contributed by atoms with van der Waals surface area (Å²) in [6, 6.07) is 13.9. The molecule has 21 heavy (non-hydrogen) atoms. The molecule has 0 radical (unpaired) electrons. The molecule has 0 unspecified atom stereocenters. The van der Waals surface area contributed by atoms with E-state index in [1.54, 1.807) is 13.4 Å². The Morgan fingerprint density at radius 3 is 2.67 bits per heavy atom. The van der Waals surface area contributed by atoms with Crippen molar-refractivity contribution in [3.63, 3.8) is 0 Å². The first-order valence-corrected chi connectivity index (χ1v) is 7.32. The van der Waals surface area contributed by atoms with E-state index in [0.29, 0.717) is 6.54 Å². The first-order chi connectivity index (χ1) is 10.3. The Kier molecular flexibility index (Phi) is 4.01. The number of ether oxygens (including phenoxy) is 1. The first-order valence-electron chi connectivity index (χ1n) is 6.53. The predicted octanol–water partition coefficient (Wildman–Crippen LogP) is 4.01. The minimum atomic E-state index is 0.697. The first kappa shape index (κ1) is 13.8. The maximum absolute atomic E-state index is 5.16. The third-order valence-corrected chi connectivity index (χ3v) is 3.71. The van der Waals surface area contributed by atoms with Gasteiger partial charge in [-0.05, 0) is 35.9 Å². The fraction of sp³-hybridized carbons (Fsp3) is 0.125. The molecule has 3 rings (SSSR count). The van der Waals surface area contributed by atoms with Crippen LogP contribution in [-0.2, 0) is 6.54 Å². The lowest BCUT2D eigenvalue weighted by atomic mass is 10.2. The van der Waals surface area contributed by atoms with Crippen molar-refractivity contribution in [1.29, 1.82) is 0 Å². The predicted molar refractivity (Wildman–Crippen MR) is 87.6 cm³/mol. The summed E-state index contributed by atoms with van der Waals surface area (Å²) in [6.07, 6.45) is 1.58. The minimum absolute atomic E-state index is 0.697. The molecule has 0 atom stereocenters. The molecule has 0 aliphatic rings. The van der Waals surface area contributed by atoms with Crippen molar-refractivity contribution >= 4 is 32.7 Å². The Bertz CT molecular complexity index is 759. The van der Waals surface area contributed by atoms with Crippen LogP contribution >= 0.6 is 15.9 Å². The largest absolute Gasteiger partial charge is 0.497 e. The molecule has 0 aliphatic heterocycles. The number of anilines is 1. The smallest absolute Gasteiger partial charge is 0.137 e. The zero-order valence-electron chi connectivity index (χ0n) is 11.5. The number of hydrogen-bond acceptors (Lipinski definition) is 4. The molecule has 1 aromatic heterocycles. The fourth-order valence-corrected chi connectivity index (χ4v) is 2.46. The summed E-state index contributed by atoms with van der Waals surface area (Å²) in [5.41, 5.74) is 2.09. The number of halogens is 1. The highest BCUT2D eigenvalue weighted by Crippen LogP contribution is 2.23. The van der Waals surface area contributed by atoms with Crippen LogP contribution in [0.3, 0.4) is 0 Å². The second-order valence-corrected chi connectivity index (χ2v) is 5.50. The van der Waals surface area contributed by atoms with E-state index in [1.165, 1.54) is 0 Å². The van der Waals surface area contributed by atoms with Gasteiger partial charge in [-0.15, -0.1) is 0 Å². The third kappa shape index (κ3) is 3.13. The van der Waals surface area contributed by atoms with E-state index in [0.717, 1.165) is 32.5 Å². The summed E-state index contributed by atoms with van der Waals surface area (Å²) in [4.78, 5) is 8.60. The van der Waals surface area contributed by atoms with Crippen LogP contribution in [0.5, 0.6) is 5.75 Å². The number of rotatable bonds is 4. The third-order valence-electron chi connectivity index (χ3n) is 3.22. The van der Waals surface area contributed by atoms with Gasteiger partial charge in [-0.2, -0.15) is 0 Å². The Morgan fingerprint density at radius 1 is 1.10 bits per heavy atom. The van der Waals surface area contributed by atoms with Gasteiger partial charge in [0.05, 0.1) is 12.6 Å². The van der Waals surface area contributed by atoms with Gasteiger partial charge in [0.2, 0.25) is 0 Å². The van der Waals surface area contributed by atoms with Gasteiger partial charge in [-0.25, -0.2) is 9.97 Å². The summed E-state index contributed by atoms with van der Waals surface area (Å²) in [5, 5.41) is 4.36. The summed E-state index contributed by atoms with van der Waals surface area (Å²) in [5.74, 6) is 1.69. The van der Waals surface area contributed by atoms with E-state index in [4.69, 9.17) is 4.74 Å². The molecule has 2 aromatic carbocycles. The van der Waals surface area contributed by atoms with Gasteiger partial charge < -0.3 is 10.1 Å². The van der Waals surface area contributed by atoms with Crippen molar-refractivity contribution in [3.05, 3.63) is 58.8 Å². The lowest BCUT2D eigenvalue weighted by Gasteiger charge is -2.09. The molecule has 1 heterocycles. The summed E-state index contributed by atoms with van der Waals surface area (Å²) >= 11 is 3.48. The van der Waals surface area contributed by atoms with Crippen molar-refractivity contribution in [2.75, 3.05) is 12.4 Å². The molecular formula is C16H14BrN3O. The second-order valence-electron chi connectivity index (χ2n) is 4.59. The lowest BCUT2D eigenvalue weighted by Crippen LogP contribution is -2.02. The van der Waals surface area contributed by atoms with Crippen molar-refractivity contribution in [1.82, 2.24) is 9.97 Å². The van der Waals surface area contributed by atoms with Crippen molar-refractivity contribution < 1.29 is 4.74 Å². The monoisotopic (exact) mass is 343 g/mol. The van der Waals surface area contributed by atoms with Crippen LogP contribution in [0.1, 0.15) is 5.56 Å². The average Bonchev–Trinajstić information content (AvgIpc) is 2.53. The number of benzene rings is 2. The molecule has 1 N–H and O–H groups in total. The van der Waals surface area contributed by atoms with Crippen LogP contribution in [0, 0.1) is 0 Å². The highest BCUT2D eigenvalue weighted by molar-refractivity contribution is 9.10. The van der Waals surface area contributed by atoms with Gasteiger partial charge in [-0.1, -0.05) is 28.1 Å². The van der Waals surface area contributed by atoms with Gasteiger partial charge >= 0.3 is 0 Å². The van der Waals surface area contributed by atoms with Crippen LogP contribution in [0.2, 0.25) is 0 Å². The van der Waals surface area contributed by atoms with Crippen LogP contribution in [0.4, 0.5) is 5.82 Å². The summed E-state index contributed by atoms with van der Waals surface area (Å²) < 4.78 is 6.17. The van der Waals surface area contributed by atoms with Gasteiger partial charge in [0.1, 0.15) is 17.9 Å². The molecule has 0 saturated heterocycles. The van der Waals surface area contributed by atoms with Crippen molar-refractivity contribution in [2.45, 2.75) is 6.54 Å². The van der Waals surface area contributed by atoms with Gasteiger partial charge in [0, 0.05) is 16.4 Å². The van der Waals surface area contributed by atoms with Gasteiger partial charge in [0.15, 0.2) is 0 Å². The molecule has 0 spiro atoms. The molecule has 0 amide bonds. The minimum Gasteiger partial charge on any atom is -0.497 e. The van der Waals surface area contributed by atoms with Crippen molar-refractivity contribution in [2.24, 2.45) is 0 Å². The van der Waals surface area contributed by atoms with Gasteiger partial charge in [0.25, 0.3) is 0 Å². The van der Waals surface area contributed by atoms with E-state index < -0.39 is 0 Å². The Labute approximate surface area is 131 Å². The summed E-state index contributed by atoms with van der Waals surface area (Å²) in [7, 11) is 1.66. The van der Waals surface area contributed by atoms with Crippen LogP contribution in [0.25, 0.3) is 10.9 Å². The van der Waals surface area contributed by atoms with E-state index in [-0.39, 0.29) is 0 Å². The van der Waals surface area contributed by atoms with Crippen molar-refractivity contribution in [3.8, 4) is 5.75 Å². The summed E-state index contributed by atoms with van der Waals surface area (Å²) in [6.45, 7) is 0.697. The molecule has 0 fully saturated rings. The quantitative estimate of drug-likeness (QED) is 0.777. The van der Waals surface area contributed by atoms with E-state index >= 15 is 0 Å². The standard InChI is InChI=1S/C16H14BrN3O/c1-21-13-5-2-11(3-6-13)9-18-16-14-8-12(17)4-7-15(14)19-10-20-16/h2-8,10H,9H2,1H3,(H,18,19,20). The topological polar surface area (TPSA) is 47.0 Å². The fourth-order valence-electron chi connectivity index (χ4n) is 2.10. The van der Waals surface area contributed by atoms with Gasteiger partial charge in [-0.3, -0.25) is 0 Å². The number of nitrogens with zero attached hydrogens (tertiary/aromatic N) is 2. The second kappa shape index (κ2) is 6.10. The zero-order chi connectivity index (χ0) is 14.7.